The molecule has 30 heavy (non-hydrogen) atoms. The van der Waals surface area contributed by atoms with Crippen LogP contribution in [0.3, 0.4) is 0 Å². The van der Waals surface area contributed by atoms with Crippen molar-refractivity contribution in [3.63, 3.8) is 0 Å². The minimum absolute atomic E-state index is 0.0927. The Balaban J connectivity index is 1.38. The van der Waals surface area contributed by atoms with Crippen LogP contribution in [0.1, 0.15) is 28.7 Å². The Labute approximate surface area is 179 Å². The largest absolute Gasteiger partial charge is 0.450 e. The van der Waals surface area contributed by atoms with Gasteiger partial charge in [-0.05, 0) is 24.6 Å². The van der Waals surface area contributed by atoms with Gasteiger partial charge in [0.25, 0.3) is 5.91 Å². The van der Waals surface area contributed by atoms with E-state index in [1.165, 1.54) is 23.8 Å². The standard InChI is InChI=1S/C22H24N4O3S/c1-15-20(30-22(23-15)24-16(2)27)18-8-9-19(29-18)21(28)26-12-10-25(11-13-26)14-17-6-4-3-5-7-17/h3-9H,10-14H2,1-2H3,(H,23,24,27). The van der Waals surface area contributed by atoms with Crippen LogP contribution in [0.25, 0.3) is 10.6 Å². The number of nitrogens with zero attached hydrogens (tertiary/aromatic N) is 3. The van der Waals surface area contributed by atoms with E-state index in [9.17, 15) is 9.59 Å². The molecule has 2 aromatic heterocycles. The number of aryl methyl sites for hydroxylation is 1. The summed E-state index contributed by atoms with van der Waals surface area (Å²) in [5, 5.41) is 3.21. The zero-order valence-electron chi connectivity index (χ0n) is 17.1. The Morgan fingerprint density at radius 2 is 1.83 bits per heavy atom. The number of benzene rings is 1. The van der Waals surface area contributed by atoms with Gasteiger partial charge >= 0.3 is 0 Å². The van der Waals surface area contributed by atoms with Crippen LogP contribution in [-0.2, 0) is 11.3 Å². The predicted octanol–water partition coefficient (Wildman–Crippen LogP) is 3.63. The Morgan fingerprint density at radius 3 is 2.53 bits per heavy atom. The van der Waals surface area contributed by atoms with Gasteiger partial charge in [-0.15, -0.1) is 0 Å². The molecule has 0 bridgehead atoms. The van der Waals surface area contributed by atoms with Crippen molar-refractivity contribution in [2.45, 2.75) is 20.4 Å². The van der Waals surface area contributed by atoms with Crippen molar-refractivity contribution in [1.29, 1.82) is 0 Å². The molecule has 0 aliphatic carbocycles. The molecule has 3 heterocycles. The van der Waals surface area contributed by atoms with Crippen molar-refractivity contribution < 1.29 is 14.0 Å². The first-order valence-corrected chi connectivity index (χ1v) is 10.7. The second-order valence-corrected chi connectivity index (χ2v) is 8.33. The van der Waals surface area contributed by atoms with Gasteiger partial charge < -0.3 is 14.6 Å². The minimum atomic E-state index is -0.169. The number of piperazine rings is 1. The fraction of sp³-hybridized carbons (Fsp3) is 0.318. The normalized spacial score (nSPS) is 14.7. The molecule has 0 radical (unpaired) electrons. The Hall–Kier alpha value is -2.97. The van der Waals surface area contributed by atoms with Crippen molar-refractivity contribution >= 4 is 28.3 Å². The van der Waals surface area contributed by atoms with Crippen LogP contribution in [-0.4, -0.2) is 52.8 Å². The molecule has 1 aliphatic rings. The summed E-state index contributed by atoms with van der Waals surface area (Å²) in [6, 6.07) is 13.9. The van der Waals surface area contributed by atoms with E-state index >= 15 is 0 Å². The summed E-state index contributed by atoms with van der Waals surface area (Å²) in [5.41, 5.74) is 2.04. The number of hydrogen-bond acceptors (Lipinski definition) is 6. The van der Waals surface area contributed by atoms with Crippen molar-refractivity contribution in [3.05, 3.63) is 59.5 Å². The van der Waals surface area contributed by atoms with Crippen molar-refractivity contribution in [2.75, 3.05) is 31.5 Å². The molecule has 0 unspecified atom stereocenters. The number of thiazole rings is 1. The molecular weight excluding hydrogens is 400 g/mol. The van der Waals surface area contributed by atoms with Crippen LogP contribution >= 0.6 is 11.3 Å². The van der Waals surface area contributed by atoms with Crippen molar-refractivity contribution in [1.82, 2.24) is 14.8 Å². The third kappa shape index (κ3) is 4.60. The number of carbonyl (C=O) groups is 2. The fourth-order valence-electron chi connectivity index (χ4n) is 3.51. The number of amides is 2. The molecule has 1 saturated heterocycles. The summed E-state index contributed by atoms with van der Waals surface area (Å²) in [6.45, 7) is 7.22. The molecular formula is C22H24N4O3S. The molecule has 7 nitrogen and oxygen atoms in total. The van der Waals surface area contributed by atoms with Crippen molar-refractivity contribution in [3.8, 4) is 10.6 Å². The number of furan rings is 1. The lowest BCUT2D eigenvalue weighted by molar-refractivity contribution is -0.114. The first-order valence-electron chi connectivity index (χ1n) is 9.90. The van der Waals surface area contributed by atoms with Gasteiger partial charge in [-0.2, -0.15) is 0 Å². The number of rotatable bonds is 5. The first kappa shape index (κ1) is 20.3. The van der Waals surface area contributed by atoms with Crippen LogP contribution < -0.4 is 5.32 Å². The van der Waals surface area contributed by atoms with E-state index in [4.69, 9.17) is 4.42 Å². The van der Waals surface area contributed by atoms with Crippen LogP contribution in [0.4, 0.5) is 5.13 Å². The highest BCUT2D eigenvalue weighted by Gasteiger charge is 2.25. The molecule has 156 valence electrons. The average molecular weight is 425 g/mol. The van der Waals surface area contributed by atoms with Gasteiger partial charge in [0.05, 0.1) is 10.6 Å². The van der Waals surface area contributed by atoms with Crippen LogP contribution in [0.15, 0.2) is 46.9 Å². The summed E-state index contributed by atoms with van der Waals surface area (Å²) in [6.07, 6.45) is 0. The van der Waals surface area contributed by atoms with E-state index in [1.807, 2.05) is 30.0 Å². The van der Waals surface area contributed by atoms with Gasteiger partial charge in [-0.3, -0.25) is 14.5 Å². The molecule has 0 saturated carbocycles. The maximum Gasteiger partial charge on any atom is 0.289 e. The van der Waals surface area contributed by atoms with E-state index in [2.05, 4.69) is 27.3 Å². The average Bonchev–Trinajstić information content (AvgIpc) is 3.35. The second-order valence-electron chi connectivity index (χ2n) is 7.33. The maximum atomic E-state index is 12.9. The zero-order chi connectivity index (χ0) is 21.1. The molecule has 8 heteroatoms. The quantitative estimate of drug-likeness (QED) is 0.677. The molecule has 0 spiro atoms. The van der Waals surface area contributed by atoms with Gasteiger partial charge in [0, 0.05) is 39.6 Å². The topological polar surface area (TPSA) is 78.7 Å². The highest BCUT2D eigenvalue weighted by atomic mass is 32.1. The second kappa shape index (κ2) is 8.81. The van der Waals surface area contributed by atoms with Crippen LogP contribution in [0, 0.1) is 6.92 Å². The molecule has 2 amide bonds. The lowest BCUT2D eigenvalue weighted by Gasteiger charge is -2.34. The zero-order valence-corrected chi connectivity index (χ0v) is 17.9. The van der Waals surface area contributed by atoms with E-state index < -0.39 is 0 Å². The van der Waals surface area contributed by atoms with E-state index in [0.717, 1.165) is 30.2 Å². The summed E-state index contributed by atoms with van der Waals surface area (Å²) in [4.78, 5) is 33.5. The highest BCUT2D eigenvalue weighted by molar-refractivity contribution is 7.19. The number of aromatic nitrogens is 1. The molecule has 0 atom stereocenters. The molecule has 1 aromatic carbocycles. The van der Waals surface area contributed by atoms with E-state index in [1.54, 1.807) is 12.1 Å². The SMILES string of the molecule is CC(=O)Nc1nc(C)c(-c2ccc(C(=O)N3CCN(Cc4ccccc4)CC3)o2)s1. The van der Waals surface area contributed by atoms with E-state index in [-0.39, 0.29) is 11.8 Å². The van der Waals surface area contributed by atoms with Gasteiger partial charge in [-0.1, -0.05) is 41.7 Å². The van der Waals surface area contributed by atoms with Gasteiger partial charge in [0.2, 0.25) is 5.91 Å². The monoisotopic (exact) mass is 424 g/mol. The lowest BCUT2D eigenvalue weighted by Crippen LogP contribution is -2.48. The number of carbonyl (C=O) groups excluding carboxylic acids is 2. The van der Waals surface area contributed by atoms with Crippen molar-refractivity contribution in [2.24, 2.45) is 0 Å². The summed E-state index contributed by atoms with van der Waals surface area (Å²) in [7, 11) is 0. The summed E-state index contributed by atoms with van der Waals surface area (Å²) >= 11 is 1.33. The Bertz CT molecular complexity index is 1040. The molecule has 3 aromatic rings. The maximum absolute atomic E-state index is 12.9. The molecule has 1 N–H and O–H groups in total. The summed E-state index contributed by atoms with van der Waals surface area (Å²) in [5.74, 6) is 0.657. The number of nitrogens with one attached hydrogen (secondary N) is 1. The first-order chi connectivity index (χ1) is 14.5. The highest BCUT2D eigenvalue weighted by Crippen LogP contribution is 2.34. The minimum Gasteiger partial charge on any atom is -0.450 e. The van der Waals surface area contributed by atoms with Gasteiger partial charge in [0.1, 0.15) is 5.76 Å². The predicted molar refractivity (Wildman–Crippen MR) is 116 cm³/mol. The Morgan fingerprint density at radius 1 is 1.10 bits per heavy atom. The number of anilines is 1. The third-order valence-electron chi connectivity index (χ3n) is 5.03. The third-order valence-corrected chi connectivity index (χ3v) is 6.12. The van der Waals surface area contributed by atoms with Crippen LogP contribution in [0.5, 0.6) is 0 Å². The summed E-state index contributed by atoms with van der Waals surface area (Å²) < 4.78 is 5.86. The Kier molecular flexibility index (Phi) is 5.96. The van der Waals surface area contributed by atoms with Gasteiger partial charge in [0.15, 0.2) is 10.9 Å². The lowest BCUT2D eigenvalue weighted by atomic mass is 10.2. The molecule has 1 fully saturated rings. The van der Waals surface area contributed by atoms with Crippen LogP contribution in [0.2, 0.25) is 0 Å². The molecule has 4 rings (SSSR count). The van der Waals surface area contributed by atoms with Gasteiger partial charge in [-0.25, -0.2) is 4.98 Å². The molecule has 1 aliphatic heterocycles. The fourth-order valence-corrected chi connectivity index (χ4v) is 4.48. The number of hydrogen-bond donors (Lipinski definition) is 1. The smallest absolute Gasteiger partial charge is 0.289 e. The van der Waals surface area contributed by atoms with E-state index in [0.29, 0.717) is 29.7 Å².